The average Bonchev–Trinajstić information content (AvgIpc) is 3.09. The van der Waals surface area contributed by atoms with Crippen LogP contribution in [-0.4, -0.2) is 36.0 Å². The van der Waals surface area contributed by atoms with Crippen molar-refractivity contribution >= 4 is 5.91 Å². The summed E-state index contributed by atoms with van der Waals surface area (Å²) in [5, 5.41) is 3.06. The van der Waals surface area contributed by atoms with Crippen molar-refractivity contribution in [2.45, 2.75) is 63.2 Å². The normalized spacial score (nSPS) is 22.9. The highest BCUT2D eigenvalue weighted by Gasteiger charge is 2.30. The molecular weight excluding hydrogens is 329 g/mol. The number of carbonyl (C=O) groups excluding carboxylic acids is 1. The number of likely N-dealkylation sites (tertiary alicyclic amines) is 1. The zero-order valence-corrected chi connectivity index (χ0v) is 14.3. The Morgan fingerprint density at radius 1 is 1.08 bits per heavy atom. The van der Waals surface area contributed by atoms with Crippen LogP contribution in [0.25, 0.3) is 0 Å². The van der Waals surface area contributed by atoms with Gasteiger partial charge in [-0.3, -0.25) is 9.69 Å². The number of rotatable bonds is 4. The molecule has 138 valence electrons. The summed E-state index contributed by atoms with van der Waals surface area (Å²) in [4.78, 5) is 14.7. The molecule has 1 aliphatic heterocycles. The van der Waals surface area contributed by atoms with Crippen LogP contribution in [0.15, 0.2) is 24.3 Å². The Morgan fingerprint density at radius 3 is 2.40 bits per heavy atom. The van der Waals surface area contributed by atoms with Crippen molar-refractivity contribution < 1.29 is 18.0 Å². The van der Waals surface area contributed by atoms with Crippen LogP contribution in [0.5, 0.6) is 0 Å². The first-order valence-corrected chi connectivity index (χ1v) is 9.11. The van der Waals surface area contributed by atoms with Crippen LogP contribution in [0.4, 0.5) is 13.2 Å². The number of hydrogen-bond donors (Lipinski definition) is 1. The molecule has 1 heterocycles. The van der Waals surface area contributed by atoms with E-state index in [1.54, 1.807) is 0 Å². The van der Waals surface area contributed by atoms with E-state index in [4.69, 9.17) is 0 Å². The topological polar surface area (TPSA) is 32.3 Å². The standard InChI is InChI=1S/C19H25F3N2O/c20-19(21,22)15-9-7-14(8-10-15)12-18(25)23-16-4-3-11-24(13-16)17-5-1-2-6-17/h7-10,16-17H,1-6,11-13H2,(H,23,25)/t16-/m0/s1. The van der Waals surface area contributed by atoms with Crippen LogP contribution in [0.1, 0.15) is 49.7 Å². The van der Waals surface area contributed by atoms with E-state index in [0.717, 1.165) is 38.1 Å². The fraction of sp³-hybridized carbons (Fsp3) is 0.632. The predicted octanol–water partition coefficient (Wildman–Crippen LogP) is 3.77. The molecule has 25 heavy (non-hydrogen) atoms. The molecule has 1 aliphatic carbocycles. The third-order valence-corrected chi connectivity index (χ3v) is 5.30. The van der Waals surface area contributed by atoms with E-state index < -0.39 is 11.7 Å². The molecule has 1 aromatic carbocycles. The van der Waals surface area contributed by atoms with Crippen LogP contribution >= 0.6 is 0 Å². The summed E-state index contributed by atoms with van der Waals surface area (Å²) >= 11 is 0. The van der Waals surface area contributed by atoms with E-state index >= 15 is 0 Å². The smallest absolute Gasteiger partial charge is 0.352 e. The van der Waals surface area contributed by atoms with Crippen molar-refractivity contribution in [3.05, 3.63) is 35.4 Å². The van der Waals surface area contributed by atoms with Crippen molar-refractivity contribution in [1.29, 1.82) is 0 Å². The molecule has 1 amide bonds. The maximum absolute atomic E-state index is 12.6. The van der Waals surface area contributed by atoms with Gasteiger partial charge in [-0.15, -0.1) is 0 Å². The van der Waals surface area contributed by atoms with Gasteiger partial charge in [-0.1, -0.05) is 25.0 Å². The lowest BCUT2D eigenvalue weighted by Crippen LogP contribution is -2.50. The number of halogens is 3. The van der Waals surface area contributed by atoms with Crippen molar-refractivity contribution in [2.75, 3.05) is 13.1 Å². The predicted molar refractivity (Wildman–Crippen MR) is 90.1 cm³/mol. The Kier molecular flexibility index (Phi) is 5.67. The summed E-state index contributed by atoms with van der Waals surface area (Å²) in [5.74, 6) is -0.113. The van der Waals surface area contributed by atoms with E-state index in [0.29, 0.717) is 11.6 Å². The molecule has 3 nitrogen and oxygen atoms in total. The molecule has 1 saturated carbocycles. The Morgan fingerprint density at radius 2 is 1.76 bits per heavy atom. The second-order valence-electron chi connectivity index (χ2n) is 7.21. The molecule has 1 atom stereocenters. The van der Waals surface area contributed by atoms with Crippen LogP contribution in [0.3, 0.4) is 0 Å². The number of benzene rings is 1. The van der Waals surface area contributed by atoms with E-state index in [9.17, 15) is 18.0 Å². The van der Waals surface area contributed by atoms with E-state index in [-0.39, 0.29) is 18.4 Å². The van der Waals surface area contributed by atoms with Gasteiger partial charge in [0.05, 0.1) is 12.0 Å². The van der Waals surface area contributed by atoms with Gasteiger partial charge >= 0.3 is 6.18 Å². The zero-order chi connectivity index (χ0) is 17.9. The zero-order valence-electron chi connectivity index (χ0n) is 14.3. The van der Waals surface area contributed by atoms with Crippen molar-refractivity contribution in [2.24, 2.45) is 0 Å². The van der Waals surface area contributed by atoms with Crippen LogP contribution < -0.4 is 5.32 Å². The first kappa shape index (κ1) is 18.2. The fourth-order valence-electron chi connectivity index (χ4n) is 4.00. The molecule has 3 rings (SSSR count). The number of amides is 1. The molecule has 2 aliphatic rings. The van der Waals surface area contributed by atoms with Gasteiger partial charge in [0.15, 0.2) is 0 Å². The summed E-state index contributed by atoms with van der Waals surface area (Å²) in [7, 11) is 0. The third-order valence-electron chi connectivity index (χ3n) is 5.30. The van der Waals surface area contributed by atoms with Gasteiger partial charge in [-0.25, -0.2) is 0 Å². The van der Waals surface area contributed by atoms with E-state index in [1.165, 1.54) is 37.8 Å². The average molecular weight is 354 g/mol. The van der Waals surface area contributed by atoms with Gasteiger partial charge in [0.2, 0.25) is 5.91 Å². The van der Waals surface area contributed by atoms with Gasteiger partial charge < -0.3 is 5.32 Å². The number of piperidine rings is 1. The van der Waals surface area contributed by atoms with Crippen molar-refractivity contribution in [3.63, 3.8) is 0 Å². The number of nitrogens with zero attached hydrogens (tertiary/aromatic N) is 1. The molecule has 2 fully saturated rings. The summed E-state index contributed by atoms with van der Waals surface area (Å²) in [5.41, 5.74) is -0.0786. The van der Waals surface area contributed by atoms with Gasteiger partial charge in [0.1, 0.15) is 0 Å². The summed E-state index contributed by atoms with van der Waals surface area (Å²) in [6.45, 7) is 2.00. The Balaban J connectivity index is 1.50. The number of carbonyl (C=O) groups is 1. The van der Waals surface area contributed by atoms with Crippen LogP contribution in [0, 0.1) is 0 Å². The maximum Gasteiger partial charge on any atom is 0.416 e. The van der Waals surface area contributed by atoms with Gasteiger partial charge in [0, 0.05) is 18.6 Å². The largest absolute Gasteiger partial charge is 0.416 e. The highest BCUT2D eigenvalue weighted by Crippen LogP contribution is 2.29. The second-order valence-corrected chi connectivity index (χ2v) is 7.21. The minimum absolute atomic E-state index is 0.113. The van der Waals surface area contributed by atoms with E-state index in [1.807, 2.05) is 0 Å². The first-order valence-electron chi connectivity index (χ1n) is 9.11. The SMILES string of the molecule is O=C(Cc1ccc(C(F)(F)F)cc1)N[C@H]1CCCN(C2CCCC2)C1. The molecule has 1 saturated heterocycles. The van der Waals surface area contributed by atoms with Gasteiger partial charge in [0.25, 0.3) is 0 Å². The fourth-order valence-corrected chi connectivity index (χ4v) is 4.00. The number of alkyl halides is 3. The number of nitrogens with one attached hydrogen (secondary N) is 1. The molecule has 1 N–H and O–H groups in total. The summed E-state index contributed by atoms with van der Waals surface area (Å²) in [6, 6.07) is 5.64. The van der Waals surface area contributed by atoms with E-state index in [2.05, 4.69) is 10.2 Å². The third kappa shape index (κ3) is 4.97. The first-order chi connectivity index (χ1) is 11.9. The minimum atomic E-state index is -4.34. The molecule has 6 heteroatoms. The van der Waals surface area contributed by atoms with Crippen LogP contribution in [-0.2, 0) is 17.4 Å². The van der Waals surface area contributed by atoms with Gasteiger partial charge in [-0.2, -0.15) is 13.2 Å². The molecule has 0 radical (unpaired) electrons. The Labute approximate surface area is 146 Å². The molecule has 1 aromatic rings. The molecular formula is C19H25F3N2O. The highest BCUT2D eigenvalue weighted by molar-refractivity contribution is 5.78. The monoisotopic (exact) mass is 354 g/mol. The second kappa shape index (κ2) is 7.77. The molecule has 0 aromatic heterocycles. The van der Waals surface area contributed by atoms with Crippen molar-refractivity contribution in [1.82, 2.24) is 10.2 Å². The molecule has 0 spiro atoms. The summed E-state index contributed by atoms with van der Waals surface area (Å²) < 4.78 is 37.7. The van der Waals surface area contributed by atoms with Gasteiger partial charge in [-0.05, 0) is 49.9 Å². The lowest BCUT2D eigenvalue weighted by Gasteiger charge is -2.37. The lowest BCUT2D eigenvalue weighted by atomic mass is 10.0. The quantitative estimate of drug-likeness (QED) is 0.893. The molecule has 0 bridgehead atoms. The number of hydrogen-bond acceptors (Lipinski definition) is 2. The lowest BCUT2D eigenvalue weighted by molar-refractivity contribution is -0.137. The maximum atomic E-state index is 12.6. The van der Waals surface area contributed by atoms with Crippen LogP contribution in [0.2, 0.25) is 0 Å². The summed E-state index contributed by atoms with van der Waals surface area (Å²) in [6.07, 6.45) is 2.95. The van der Waals surface area contributed by atoms with Crippen molar-refractivity contribution in [3.8, 4) is 0 Å². The molecule has 0 unspecified atom stereocenters. The minimum Gasteiger partial charge on any atom is -0.352 e. The Hall–Kier alpha value is -1.56. The highest BCUT2D eigenvalue weighted by atomic mass is 19.4. The Bertz CT molecular complexity index is 579.